The Labute approximate surface area is 313 Å². The third kappa shape index (κ3) is 8.37. The number of halogens is 12. The number of benzene rings is 1. The average Bonchev–Trinajstić information content (AvgIpc) is 3.57. The zero-order valence-corrected chi connectivity index (χ0v) is 27.2. The largest absolute Gasteiger partial charge is 0.574 e. The molecule has 0 amide bonds. The molecule has 0 unspecified atom stereocenters. The summed E-state index contributed by atoms with van der Waals surface area (Å²) in [5.41, 5.74) is -10.2. The van der Waals surface area contributed by atoms with E-state index in [1.165, 1.54) is 24.3 Å². The lowest BCUT2D eigenvalue weighted by Gasteiger charge is -2.15. The summed E-state index contributed by atoms with van der Waals surface area (Å²) in [4.78, 5) is 7.02. The van der Waals surface area contributed by atoms with Gasteiger partial charge in [0.25, 0.3) is 0 Å². The molecule has 2 heterocycles. The van der Waals surface area contributed by atoms with E-state index in [0.717, 1.165) is 12.1 Å². The van der Waals surface area contributed by atoms with Gasteiger partial charge in [0, 0.05) is 57.7 Å². The van der Waals surface area contributed by atoms with Crippen LogP contribution in [0.15, 0.2) is 47.5 Å². The molecule has 2 aliphatic carbocycles. The molecule has 58 heavy (non-hydrogen) atoms. The Bertz CT molecular complexity index is 2420. The van der Waals surface area contributed by atoms with Crippen molar-refractivity contribution in [1.29, 1.82) is 31.6 Å². The van der Waals surface area contributed by atoms with Crippen LogP contribution < -0.4 is 18.9 Å². The summed E-state index contributed by atoms with van der Waals surface area (Å²) in [5, 5.41) is 60.3. The van der Waals surface area contributed by atoms with Gasteiger partial charge in [-0.15, -0.1) is 52.7 Å². The lowest BCUT2D eigenvalue weighted by molar-refractivity contribution is -0.279. The minimum absolute atomic E-state index is 0.0639. The Hall–Kier alpha value is -8.22. The second-order valence-corrected chi connectivity index (χ2v) is 10.9. The van der Waals surface area contributed by atoms with Gasteiger partial charge in [0.15, 0.2) is 0 Å². The molecule has 2 aromatic heterocycles. The quantitative estimate of drug-likeness (QED) is 0.169. The van der Waals surface area contributed by atoms with Crippen molar-refractivity contribution < 1.29 is 71.6 Å². The maximum atomic E-state index is 13.2. The van der Waals surface area contributed by atoms with Crippen molar-refractivity contribution in [2.75, 3.05) is 0 Å². The van der Waals surface area contributed by atoms with Gasteiger partial charge < -0.3 is 18.9 Å². The molecule has 0 N–H and O–H groups in total. The van der Waals surface area contributed by atoms with Crippen LogP contribution in [0.3, 0.4) is 0 Å². The Balaban J connectivity index is 1.91. The fourth-order valence-electron chi connectivity index (χ4n) is 5.70. The molecular formula is C34H6F12N8O4. The van der Waals surface area contributed by atoms with E-state index in [2.05, 4.69) is 28.9 Å². The van der Waals surface area contributed by atoms with Crippen molar-refractivity contribution in [3.05, 3.63) is 81.2 Å². The van der Waals surface area contributed by atoms with Crippen LogP contribution in [0.1, 0.15) is 33.6 Å². The van der Waals surface area contributed by atoms with Gasteiger partial charge in [-0.05, 0) is 23.3 Å². The molecule has 12 nitrogen and oxygen atoms in total. The number of fused-ring (bicyclic) bond motifs is 2. The number of hydrogen-bond acceptors (Lipinski definition) is 12. The first-order chi connectivity index (χ1) is 26.9. The Kier molecular flexibility index (Phi) is 10.2. The summed E-state index contributed by atoms with van der Waals surface area (Å²) < 4.78 is 174. The summed E-state index contributed by atoms with van der Waals surface area (Å²) in [5.74, 6) is -5.97. The lowest BCUT2D eigenvalue weighted by atomic mass is 9.90. The molecular weight excluding hydrogens is 812 g/mol. The third-order valence-electron chi connectivity index (χ3n) is 7.38. The predicted octanol–water partition coefficient (Wildman–Crippen LogP) is 8.57. The maximum absolute atomic E-state index is 13.2. The first-order valence-electron chi connectivity index (χ1n) is 14.6. The molecule has 1 aromatic carbocycles. The SMILES string of the molecule is N#CC(C#N)=C1C(c2cc(OC(F)(F)F)cc(OC(F)(F)F)n2)=C(C#N)c2cc3c(cc21)C(=C(C#N)C#N)C(c1cc(OC(F)(F)F)cc(OC(F)(F)F)n1)=C3C#N. The number of aromatic nitrogens is 2. The standard InChI is InChI=1S/C34H6F12N8O4/c35-31(36,37)55-15-1-23(53-25(3-15)57-33(41,42)43)29-21(11-51)17-5-18-20(6-19(17)27(29)13(7-47)8-48)28(14(9-49)10-50)30(22(18)12-52)24-2-16(56-32(38,39)40)4-26(54-24)58-34(44,45)46/h1-6H. The Morgan fingerprint density at radius 1 is 0.431 bits per heavy atom. The molecule has 5 rings (SSSR count). The molecule has 0 radical (unpaired) electrons. The van der Waals surface area contributed by atoms with E-state index in [1.54, 1.807) is 12.1 Å². The fraction of sp³-hybridized carbons (Fsp3) is 0.118. The molecule has 290 valence electrons. The van der Waals surface area contributed by atoms with E-state index < -0.39 is 127 Å². The molecule has 0 spiro atoms. The number of pyridine rings is 2. The van der Waals surface area contributed by atoms with Crippen LogP contribution in [0, 0.1) is 68.0 Å². The average molecular weight is 818 g/mol. The monoisotopic (exact) mass is 818 g/mol. The number of rotatable bonds is 6. The van der Waals surface area contributed by atoms with Crippen LogP contribution in [0.4, 0.5) is 52.7 Å². The van der Waals surface area contributed by atoms with Gasteiger partial charge in [-0.3, -0.25) is 0 Å². The summed E-state index contributed by atoms with van der Waals surface area (Å²) in [6.07, 6.45) is -22.2. The van der Waals surface area contributed by atoms with Gasteiger partial charge in [-0.25, -0.2) is 9.97 Å². The van der Waals surface area contributed by atoms with Crippen molar-refractivity contribution in [3.63, 3.8) is 0 Å². The summed E-state index contributed by atoms with van der Waals surface area (Å²) in [6.45, 7) is 0. The number of hydrogen-bond donors (Lipinski definition) is 0. The third-order valence-corrected chi connectivity index (χ3v) is 7.38. The second kappa shape index (κ2) is 14.5. The van der Waals surface area contributed by atoms with E-state index in [0.29, 0.717) is 12.1 Å². The minimum atomic E-state index is -5.57. The number of nitrogens with zero attached hydrogens (tertiary/aromatic N) is 8. The van der Waals surface area contributed by atoms with Gasteiger partial charge >= 0.3 is 25.4 Å². The summed E-state index contributed by atoms with van der Waals surface area (Å²) >= 11 is 0. The van der Waals surface area contributed by atoms with E-state index in [-0.39, 0.29) is 12.1 Å². The maximum Gasteiger partial charge on any atom is 0.574 e. The van der Waals surface area contributed by atoms with Gasteiger partial charge in [-0.2, -0.15) is 31.6 Å². The molecule has 0 bridgehead atoms. The Morgan fingerprint density at radius 2 is 0.741 bits per heavy atom. The van der Waals surface area contributed by atoms with Crippen LogP contribution in [-0.4, -0.2) is 35.4 Å². The number of nitriles is 6. The van der Waals surface area contributed by atoms with E-state index >= 15 is 0 Å². The van der Waals surface area contributed by atoms with E-state index in [9.17, 15) is 84.3 Å². The van der Waals surface area contributed by atoms with Crippen LogP contribution in [0.5, 0.6) is 23.3 Å². The van der Waals surface area contributed by atoms with Crippen molar-refractivity contribution in [3.8, 4) is 59.7 Å². The number of allylic oxidation sites excluding steroid dienone is 8. The zero-order valence-electron chi connectivity index (χ0n) is 27.2. The molecule has 24 heteroatoms. The molecule has 0 fully saturated rings. The molecule has 2 aliphatic rings. The summed E-state index contributed by atoms with van der Waals surface area (Å²) in [7, 11) is 0. The highest BCUT2D eigenvalue weighted by molar-refractivity contribution is 6.29. The van der Waals surface area contributed by atoms with Crippen molar-refractivity contribution >= 4 is 33.4 Å². The van der Waals surface area contributed by atoms with Crippen LogP contribution in [-0.2, 0) is 0 Å². The van der Waals surface area contributed by atoms with Gasteiger partial charge in [0.2, 0.25) is 11.8 Å². The molecule has 3 aromatic rings. The molecule has 0 atom stereocenters. The van der Waals surface area contributed by atoms with Crippen LogP contribution >= 0.6 is 0 Å². The van der Waals surface area contributed by atoms with Gasteiger partial charge in [0.1, 0.15) is 59.1 Å². The topological polar surface area (TPSA) is 205 Å². The number of ether oxygens (including phenoxy) is 4. The van der Waals surface area contributed by atoms with Crippen molar-refractivity contribution in [1.82, 2.24) is 9.97 Å². The highest BCUT2D eigenvalue weighted by Crippen LogP contribution is 2.55. The highest BCUT2D eigenvalue weighted by atomic mass is 19.4. The van der Waals surface area contributed by atoms with Gasteiger partial charge in [0.05, 0.1) is 22.5 Å². The smallest absolute Gasteiger partial charge is 0.406 e. The first kappa shape index (κ1) is 41.0. The highest BCUT2D eigenvalue weighted by Gasteiger charge is 2.41. The van der Waals surface area contributed by atoms with Gasteiger partial charge in [-0.1, -0.05) is 0 Å². The first-order valence-corrected chi connectivity index (χ1v) is 14.6. The van der Waals surface area contributed by atoms with Crippen LogP contribution in [0.2, 0.25) is 0 Å². The molecule has 0 saturated carbocycles. The number of alkyl halides is 12. The predicted molar refractivity (Wildman–Crippen MR) is 163 cm³/mol. The molecule has 0 saturated heterocycles. The van der Waals surface area contributed by atoms with Crippen molar-refractivity contribution in [2.45, 2.75) is 25.4 Å². The molecule has 0 aliphatic heterocycles. The zero-order chi connectivity index (χ0) is 43.1. The normalized spacial score (nSPS) is 13.6. The lowest BCUT2D eigenvalue weighted by Crippen LogP contribution is -2.20. The van der Waals surface area contributed by atoms with E-state index in [1.807, 2.05) is 0 Å². The minimum Gasteiger partial charge on any atom is -0.406 e. The van der Waals surface area contributed by atoms with Crippen molar-refractivity contribution in [2.24, 2.45) is 0 Å². The summed E-state index contributed by atoms with van der Waals surface area (Å²) in [6, 6.07) is 11.6. The van der Waals surface area contributed by atoms with Crippen LogP contribution in [0.25, 0.3) is 33.4 Å². The Morgan fingerprint density at radius 3 is 1.02 bits per heavy atom. The fourth-order valence-corrected chi connectivity index (χ4v) is 5.70. The second-order valence-electron chi connectivity index (χ2n) is 10.9. The van der Waals surface area contributed by atoms with E-state index in [4.69, 9.17) is 0 Å².